The van der Waals surface area contributed by atoms with Crippen molar-refractivity contribution in [1.82, 2.24) is 9.88 Å². The molecule has 1 aliphatic rings. The quantitative estimate of drug-likeness (QED) is 0.0675. The van der Waals surface area contributed by atoms with Crippen molar-refractivity contribution in [2.75, 3.05) is 75.0 Å². The van der Waals surface area contributed by atoms with Crippen LogP contribution in [-0.2, 0) is 18.9 Å². The molecule has 0 aliphatic carbocycles. The highest BCUT2D eigenvalue weighted by molar-refractivity contribution is 5.26. The molecule has 6 nitrogen and oxygen atoms in total. The van der Waals surface area contributed by atoms with Crippen LogP contribution in [0.2, 0.25) is 0 Å². The van der Waals surface area contributed by atoms with E-state index < -0.39 is 0 Å². The highest BCUT2D eigenvalue weighted by Crippen LogP contribution is 2.36. The van der Waals surface area contributed by atoms with Crippen molar-refractivity contribution in [1.29, 1.82) is 0 Å². The highest BCUT2D eigenvalue weighted by atomic mass is 19.1. The Morgan fingerprint density at radius 2 is 0.835 bits per heavy atom. The van der Waals surface area contributed by atoms with Gasteiger partial charge in [0, 0.05) is 90.3 Å². The van der Waals surface area contributed by atoms with Crippen LogP contribution in [0.3, 0.4) is 0 Å². The lowest BCUT2D eigenvalue weighted by Crippen LogP contribution is -2.17. The molecule has 0 amide bonds. The molecule has 7 rings (SSSR count). The molecule has 6 aromatic rings. The van der Waals surface area contributed by atoms with Crippen LogP contribution in [0.25, 0.3) is 0 Å². The number of halogens is 1. The van der Waals surface area contributed by atoms with Crippen LogP contribution in [0, 0.1) is 71.9 Å². The number of aromatic nitrogens is 1. The minimum atomic E-state index is -0.158. The van der Waals surface area contributed by atoms with E-state index >= 15 is 0 Å². The van der Waals surface area contributed by atoms with Crippen LogP contribution in [0.1, 0.15) is 219 Å². The van der Waals surface area contributed by atoms with Gasteiger partial charge in [0.15, 0.2) is 0 Å². The summed E-state index contributed by atoms with van der Waals surface area (Å²) in [6.45, 7) is 52.6. The van der Waals surface area contributed by atoms with Crippen molar-refractivity contribution in [3.05, 3.63) is 209 Å². The lowest BCUT2D eigenvalue weighted by Gasteiger charge is -2.22. The Kier molecular flexibility index (Phi) is 47.7. The minimum absolute atomic E-state index is 0.158. The third kappa shape index (κ3) is 38.1. The summed E-state index contributed by atoms with van der Waals surface area (Å²) in [5.41, 5.74) is 9.44. The van der Waals surface area contributed by atoms with Gasteiger partial charge in [0.1, 0.15) is 5.82 Å². The third-order valence-corrected chi connectivity index (χ3v) is 18.0. The summed E-state index contributed by atoms with van der Waals surface area (Å²) in [5.74, 6) is 10.4. The second-order valence-corrected chi connectivity index (χ2v) is 28.2. The smallest absolute Gasteiger partial charge is 0.123 e. The molecule has 7 heteroatoms. The first kappa shape index (κ1) is 86.0. The van der Waals surface area contributed by atoms with Crippen molar-refractivity contribution >= 4 is 0 Å². The molecule has 0 bridgehead atoms. The van der Waals surface area contributed by atoms with E-state index in [1.54, 1.807) is 28.4 Å². The van der Waals surface area contributed by atoms with Gasteiger partial charge in [-0.2, -0.15) is 0 Å². The van der Waals surface area contributed by atoms with E-state index in [4.69, 9.17) is 18.9 Å². The summed E-state index contributed by atoms with van der Waals surface area (Å²) in [6, 6.07) is 53.8. The fourth-order valence-electron chi connectivity index (χ4n) is 10.1. The standard InChI is InChI=1S/C14H21N.C13H20O.C12H18O.C11H15F.C11H16.C10H15N.C7H16O.C6H14O/c1-11(2)13-9-15(3)10-14(13)12-7-5-4-6-8-12;1-10(2)13(9-14-4)12-7-5-11(3)6-8-12;1-10(2)12(9-13-3)11-7-5-4-6-8-11;1-8(2)9(3)10-4-6-11(12)7-5-10;1-9(2)10(3)11-7-5-4-6-8-11;1-8(2)9(3)10-6-4-5-7-11-10;1-6(2)7(3)5-8-4;1-6(2)4-5-7-3/h4-8,11,13-14H,9-10H2,1-3H3;5-8,10,13H,9H2,1-4H3;4-8,10,12H,9H2,1-3H3;4-9H,1-3H3;4-10H,1-3H3;4-9H,1-3H3;6-7H,5H2,1-4H3;6H,4-5H2,1-3H3. The minimum Gasteiger partial charge on any atom is -0.385 e. The molecule has 0 N–H and O–H groups in total. The van der Waals surface area contributed by atoms with Gasteiger partial charge in [0.05, 0.1) is 13.2 Å². The number of hydrogen-bond acceptors (Lipinski definition) is 6. The average molecular weight is 1260 g/mol. The summed E-state index contributed by atoms with van der Waals surface area (Å²) >= 11 is 0. The maximum Gasteiger partial charge on any atom is 0.123 e. The number of pyridine rings is 1. The molecular weight excluding hydrogens is 1120 g/mol. The van der Waals surface area contributed by atoms with Gasteiger partial charge in [0.2, 0.25) is 0 Å². The summed E-state index contributed by atoms with van der Waals surface area (Å²) in [4.78, 5) is 6.76. The van der Waals surface area contributed by atoms with Gasteiger partial charge in [-0.1, -0.05) is 277 Å². The van der Waals surface area contributed by atoms with Crippen LogP contribution < -0.4 is 0 Å². The van der Waals surface area contributed by atoms with Crippen LogP contribution in [-0.4, -0.2) is 84.9 Å². The predicted molar refractivity (Wildman–Crippen MR) is 396 cm³/mol. The molecule has 512 valence electrons. The third-order valence-electron chi connectivity index (χ3n) is 18.0. The number of methoxy groups -OCH3 is 4. The number of hydrogen-bond donors (Lipinski definition) is 0. The molecule has 0 spiro atoms. The number of likely N-dealkylation sites (N-methyl/N-ethyl adjacent to an activating group) is 1. The molecule has 8 atom stereocenters. The van der Waals surface area contributed by atoms with E-state index in [9.17, 15) is 4.39 Å². The van der Waals surface area contributed by atoms with E-state index in [0.29, 0.717) is 59.2 Å². The van der Waals surface area contributed by atoms with Crippen LogP contribution in [0.15, 0.2) is 164 Å². The first-order chi connectivity index (χ1) is 43.1. The molecule has 5 aromatic carbocycles. The normalized spacial score (nSPS) is 15.5. The highest BCUT2D eigenvalue weighted by Gasteiger charge is 2.33. The van der Waals surface area contributed by atoms with Gasteiger partial charge in [-0.3, -0.25) is 4.98 Å². The Morgan fingerprint density at radius 1 is 0.429 bits per heavy atom. The van der Waals surface area contributed by atoms with Crippen LogP contribution in [0.4, 0.5) is 4.39 Å². The van der Waals surface area contributed by atoms with Gasteiger partial charge in [-0.25, -0.2) is 4.39 Å². The lowest BCUT2D eigenvalue weighted by atomic mass is 9.82. The first-order valence-electron chi connectivity index (χ1n) is 34.6. The Labute approximate surface area is 560 Å². The summed E-state index contributed by atoms with van der Waals surface area (Å²) < 4.78 is 32.8. The van der Waals surface area contributed by atoms with Crippen LogP contribution in [0.5, 0.6) is 0 Å². The second-order valence-electron chi connectivity index (χ2n) is 28.2. The van der Waals surface area contributed by atoms with E-state index in [2.05, 4.69) is 278 Å². The maximum atomic E-state index is 12.6. The molecule has 1 aliphatic heterocycles. The molecule has 8 unspecified atom stereocenters. The fourth-order valence-corrected chi connectivity index (χ4v) is 10.1. The van der Waals surface area contributed by atoms with Crippen molar-refractivity contribution in [2.45, 2.75) is 187 Å². The zero-order valence-corrected chi connectivity index (χ0v) is 62.7. The molecule has 1 fully saturated rings. The number of benzene rings is 5. The monoisotopic (exact) mass is 1260 g/mol. The topological polar surface area (TPSA) is 53.1 Å². The van der Waals surface area contributed by atoms with Crippen molar-refractivity contribution in [2.24, 2.45) is 59.2 Å². The average Bonchev–Trinajstić information content (AvgIpc) is 2.55. The maximum absolute atomic E-state index is 12.6. The Hall–Kier alpha value is -5.02. The number of nitrogens with zero attached hydrogens (tertiary/aromatic N) is 2. The predicted octanol–water partition coefficient (Wildman–Crippen LogP) is 22.9. The van der Waals surface area contributed by atoms with E-state index in [0.717, 1.165) is 61.9 Å². The van der Waals surface area contributed by atoms with Gasteiger partial charge >= 0.3 is 0 Å². The van der Waals surface area contributed by atoms with Crippen molar-refractivity contribution in [3.8, 4) is 0 Å². The van der Waals surface area contributed by atoms with Gasteiger partial charge < -0.3 is 23.8 Å². The molecule has 2 heterocycles. The Morgan fingerprint density at radius 3 is 1.19 bits per heavy atom. The second kappa shape index (κ2) is 50.5. The van der Waals surface area contributed by atoms with Crippen molar-refractivity contribution in [3.63, 3.8) is 0 Å². The molecule has 0 saturated carbocycles. The number of likely N-dealkylation sites (tertiary alicyclic amines) is 1. The van der Waals surface area contributed by atoms with Gasteiger partial charge in [-0.15, -0.1) is 0 Å². The Balaban J connectivity index is 0.00000103. The molecule has 91 heavy (non-hydrogen) atoms. The SMILES string of the molecule is CC(C)C(C)c1ccc(F)cc1.CC(C)C(C)c1ccccc1.CC(C)C(C)c1ccccn1.CC(C)C1CN(C)CC1c1ccccc1.COCC(C)C(C)C.COCC(c1ccc(C)cc1)C(C)C.COCC(c1ccccc1)C(C)C.COCCC(C)C. The first-order valence-corrected chi connectivity index (χ1v) is 34.6. The van der Waals surface area contributed by atoms with E-state index in [-0.39, 0.29) is 5.82 Å². The summed E-state index contributed by atoms with van der Waals surface area (Å²) in [7, 11) is 9.25. The Bertz CT molecular complexity index is 2500. The number of rotatable bonds is 22. The zero-order valence-electron chi connectivity index (χ0n) is 62.7. The summed E-state index contributed by atoms with van der Waals surface area (Å²) in [5, 5.41) is 0. The molecule has 1 aromatic heterocycles. The summed E-state index contributed by atoms with van der Waals surface area (Å²) in [6.07, 6.45) is 3.03. The molecule has 1 saturated heterocycles. The van der Waals surface area contributed by atoms with Gasteiger partial charge in [0.25, 0.3) is 0 Å². The van der Waals surface area contributed by atoms with E-state index in [1.165, 1.54) is 70.7 Å². The van der Waals surface area contributed by atoms with Crippen LogP contribution >= 0.6 is 0 Å². The molecular formula is C84H135FN2O4. The number of ether oxygens (including phenoxy) is 4. The van der Waals surface area contributed by atoms with E-state index in [1.807, 2.05) is 36.5 Å². The largest absolute Gasteiger partial charge is 0.385 e. The number of aryl methyl sites for hydroxylation is 1. The molecule has 0 radical (unpaired) electrons. The lowest BCUT2D eigenvalue weighted by molar-refractivity contribution is 0.138. The zero-order chi connectivity index (χ0) is 69.0. The van der Waals surface area contributed by atoms with Crippen molar-refractivity contribution < 1.29 is 23.3 Å². The fraction of sp³-hybridized carbons (Fsp3) is 0.583. The van der Waals surface area contributed by atoms with Gasteiger partial charge in [-0.05, 0) is 143 Å².